The molecule has 0 saturated heterocycles. The smallest absolute Gasteiger partial charge is 0.872 e. The van der Waals surface area contributed by atoms with Crippen LogP contribution in [0.15, 0.2) is 36.4 Å². The van der Waals surface area contributed by atoms with Crippen LogP contribution in [0.2, 0.25) is 0 Å². The Kier molecular flexibility index (Phi) is 7.70. The average molecular weight is 306 g/mol. The molecule has 0 aliphatic carbocycles. The minimum Gasteiger partial charge on any atom is -0.872 e. The molecular weight excluding hydrogens is 290 g/mol. The fraction of sp³-hybridized carbons (Fsp3) is 0.250. The molecule has 0 spiro atoms. The van der Waals surface area contributed by atoms with Crippen molar-refractivity contribution in [3.63, 3.8) is 0 Å². The van der Waals surface area contributed by atoms with Gasteiger partial charge in [-0.3, -0.25) is 0 Å². The zero-order valence-electron chi connectivity index (χ0n) is 13.5. The van der Waals surface area contributed by atoms with Gasteiger partial charge in [-0.2, -0.15) is 0 Å². The topological polar surface area (TPSA) is 87.6 Å². The Bertz CT molecular complexity index is 595. The summed E-state index contributed by atoms with van der Waals surface area (Å²) in [4.78, 5) is 0. The molecule has 0 radical (unpaired) electrons. The van der Waals surface area contributed by atoms with E-state index < -0.39 is 7.32 Å². The molecule has 0 N–H and O–H groups in total. The molecule has 0 heterocycles. The van der Waals surface area contributed by atoms with Crippen molar-refractivity contribution in [2.75, 3.05) is 0 Å². The fourth-order valence-electron chi connectivity index (χ4n) is 2.02. The van der Waals surface area contributed by atoms with Crippen LogP contribution in [0.5, 0.6) is 11.5 Å². The molecule has 23 heavy (non-hydrogen) atoms. The van der Waals surface area contributed by atoms with Gasteiger partial charge in [0.05, 0.1) is 13.2 Å². The van der Waals surface area contributed by atoms with E-state index in [2.05, 4.69) is 0 Å². The van der Waals surface area contributed by atoms with E-state index in [9.17, 15) is 15.2 Å². The second-order valence-electron chi connectivity index (χ2n) is 5.04. The second kappa shape index (κ2) is 9.02. The number of para-hydroxylation sites is 2. The first-order chi connectivity index (χ1) is 10.5. The van der Waals surface area contributed by atoms with E-state index in [0.29, 0.717) is 22.3 Å². The van der Waals surface area contributed by atoms with Crippen LogP contribution in [0.4, 0.5) is 0 Å². The minimum atomic E-state index is -1.75. The van der Waals surface area contributed by atoms with Gasteiger partial charge in [-0.15, -0.1) is 11.5 Å². The summed E-state index contributed by atoms with van der Waals surface area (Å²) in [6, 6.07) is 10.1. The third-order valence-corrected chi connectivity index (χ3v) is 3.34. The standard InChI is InChI=1S/C16H18BO5.Li/c1-11-5-3-7-13(15(11)18)9-21-17(20)22-10-14-8-4-6-12(2)16(14)19;/h3-8,18-19H,9-10H2,1-2H3;/q-1;+1/p-2. The number of hydrogen-bond acceptors (Lipinski definition) is 5. The molecule has 2 rings (SSSR count). The third-order valence-electron chi connectivity index (χ3n) is 3.34. The quantitative estimate of drug-likeness (QED) is 0.552. The van der Waals surface area contributed by atoms with Gasteiger partial charge in [0.2, 0.25) is 0 Å². The molecule has 0 unspecified atom stereocenters. The van der Waals surface area contributed by atoms with Gasteiger partial charge in [-0.05, 0) is 25.0 Å². The van der Waals surface area contributed by atoms with Gasteiger partial charge in [-0.25, -0.2) is 0 Å². The van der Waals surface area contributed by atoms with Crippen molar-refractivity contribution in [3.8, 4) is 11.5 Å². The van der Waals surface area contributed by atoms with E-state index in [1.807, 2.05) is 0 Å². The number of aryl methyl sites for hydroxylation is 2. The van der Waals surface area contributed by atoms with E-state index in [-0.39, 0.29) is 43.6 Å². The molecule has 0 aliphatic rings. The molecule has 0 atom stereocenters. The predicted molar refractivity (Wildman–Crippen MR) is 76.6 cm³/mol. The van der Waals surface area contributed by atoms with Crippen molar-refractivity contribution in [1.29, 1.82) is 0 Å². The van der Waals surface area contributed by atoms with Crippen molar-refractivity contribution in [2.24, 2.45) is 0 Å². The predicted octanol–water partition coefficient (Wildman–Crippen LogP) is -2.47. The summed E-state index contributed by atoms with van der Waals surface area (Å²) >= 11 is 0. The van der Waals surface area contributed by atoms with Gasteiger partial charge >= 0.3 is 26.2 Å². The van der Waals surface area contributed by atoms with Crippen LogP contribution in [-0.2, 0) is 22.5 Å². The summed E-state index contributed by atoms with van der Waals surface area (Å²) in [6.45, 7) is 3.16. The molecule has 0 bridgehead atoms. The van der Waals surface area contributed by atoms with Gasteiger partial charge < -0.3 is 24.5 Å². The molecule has 0 aliphatic heterocycles. The molecule has 5 nitrogen and oxygen atoms in total. The van der Waals surface area contributed by atoms with Crippen LogP contribution in [0.1, 0.15) is 22.3 Å². The van der Waals surface area contributed by atoms with Crippen LogP contribution >= 0.6 is 0 Å². The van der Waals surface area contributed by atoms with E-state index in [1.54, 1.807) is 50.2 Å². The maximum atomic E-state index is 11.8. The fourth-order valence-corrected chi connectivity index (χ4v) is 2.02. The molecule has 0 amide bonds. The summed E-state index contributed by atoms with van der Waals surface area (Å²) in [5.74, 6) is -0.287. The largest absolute Gasteiger partial charge is 1.00 e. The van der Waals surface area contributed by atoms with E-state index in [1.165, 1.54) is 0 Å². The van der Waals surface area contributed by atoms with Crippen LogP contribution in [0.3, 0.4) is 0 Å². The molecular formula is C16H16BLiO5-2. The van der Waals surface area contributed by atoms with Crippen LogP contribution < -0.4 is 34.1 Å². The van der Waals surface area contributed by atoms with Crippen molar-refractivity contribution in [2.45, 2.75) is 27.1 Å². The van der Waals surface area contributed by atoms with Gasteiger partial charge in [-0.1, -0.05) is 47.5 Å². The van der Waals surface area contributed by atoms with Gasteiger partial charge in [0.15, 0.2) is 0 Å². The molecule has 2 aromatic carbocycles. The van der Waals surface area contributed by atoms with Crippen molar-refractivity contribution >= 4 is 7.32 Å². The molecule has 0 aromatic heterocycles. The van der Waals surface area contributed by atoms with Crippen molar-refractivity contribution < 1.29 is 43.4 Å². The number of benzene rings is 2. The minimum absolute atomic E-state index is 0. The first kappa shape index (κ1) is 19.6. The van der Waals surface area contributed by atoms with Crippen molar-refractivity contribution in [1.82, 2.24) is 0 Å². The Morgan fingerprint density at radius 1 is 0.826 bits per heavy atom. The van der Waals surface area contributed by atoms with Crippen LogP contribution in [-0.4, -0.2) is 7.32 Å². The number of hydrogen-bond donors (Lipinski definition) is 0. The molecule has 0 fully saturated rings. The monoisotopic (exact) mass is 306 g/mol. The maximum Gasteiger partial charge on any atom is 1.00 e. The Labute approximate surface area is 148 Å². The Morgan fingerprint density at radius 3 is 1.61 bits per heavy atom. The first-order valence-electron chi connectivity index (χ1n) is 6.89. The first-order valence-corrected chi connectivity index (χ1v) is 6.89. The van der Waals surface area contributed by atoms with Crippen molar-refractivity contribution in [3.05, 3.63) is 58.7 Å². The maximum absolute atomic E-state index is 11.8. The second-order valence-corrected chi connectivity index (χ2v) is 5.04. The van der Waals surface area contributed by atoms with E-state index in [4.69, 9.17) is 9.31 Å². The van der Waals surface area contributed by atoms with Crippen LogP contribution in [0.25, 0.3) is 0 Å². The van der Waals surface area contributed by atoms with Gasteiger partial charge in [0, 0.05) is 0 Å². The Hall–Kier alpha value is -1.42. The van der Waals surface area contributed by atoms with Gasteiger partial charge in [0.25, 0.3) is 0 Å². The summed E-state index contributed by atoms with van der Waals surface area (Å²) in [5.41, 5.74) is 2.01. The normalized spacial score (nSPS) is 10.2. The average Bonchev–Trinajstić information content (AvgIpc) is 2.50. The summed E-state index contributed by atoms with van der Waals surface area (Å²) in [6.07, 6.45) is 0. The number of rotatable bonds is 6. The molecule has 0 saturated carbocycles. The van der Waals surface area contributed by atoms with E-state index >= 15 is 0 Å². The van der Waals surface area contributed by atoms with Crippen LogP contribution in [0, 0.1) is 13.8 Å². The summed E-state index contributed by atoms with van der Waals surface area (Å²) < 4.78 is 9.95. The Balaban J connectivity index is 0.00000264. The summed E-state index contributed by atoms with van der Waals surface area (Å²) in [7, 11) is -1.75. The summed E-state index contributed by atoms with van der Waals surface area (Å²) in [5, 5.41) is 35.2. The Morgan fingerprint density at radius 2 is 1.22 bits per heavy atom. The zero-order chi connectivity index (χ0) is 16.1. The molecule has 116 valence electrons. The molecule has 7 heteroatoms. The third kappa shape index (κ3) is 5.31. The van der Waals surface area contributed by atoms with E-state index in [0.717, 1.165) is 0 Å². The van der Waals surface area contributed by atoms with Gasteiger partial charge in [0.1, 0.15) is 0 Å². The zero-order valence-corrected chi connectivity index (χ0v) is 13.5. The molecule has 2 aromatic rings. The SMILES string of the molecule is Cc1cccc(COB([O-])OCc2cccc(C)c2[O-])c1[O-].[Li+].